The van der Waals surface area contributed by atoms with Gasteiger partial charge in [0.25, 0.3) is 0 Å². The third kappa shape index (κ3) is 3.24. The summed E-state index contributed by atoms with van der Waals surface area (Å²) in [7, 11) is 0. The van der Waals surface area contributed by atoms with Gasteiger partial charge in [-0.3, -0.25) is 9.78 Å². The highest BCUT2D eigenvalue weighted by Crippen LogP contribution is 2.37. The predicted octanol–water partition coefficient (Wildman–Crippen LogP) is 2.43. The van der Waals surface area contributed by atoms with Crippen LogP contribution in [0.4, 0.5) is 0 Å². The topological polar surface area (TPSA) is 83.0 Å². The molecule has 2 N–H and O–H groups in total. The normalized spacial score (nSPS) is 16.2. The Balaban J connectivity index is 1.82. The van der Waals surface area contributed by atoms with Crippen molar-refractivity contribution in [2.24, 2.45) is 5.73 Å². The van der Waals surface area contributed by atoms with Gasteiger partial charge >= 0.3 is 0 Å². The number of nitriles is 1. The summed E-state index contributed by atoms with van der Waals surface area (Å²) >= 11 is 0. The van der Waals surface area contributed by atoms with E-state index in [0.29, 0.717) is 18.7 Å². The number of carbonyl (C=O) groups excluding carboxylic acids is 1. The molecule has 136 valence electrons. The van der Waals surface area contributed by atoms with Crippen LogP contribution in [-0.2, 0) is 17.6 Å². The molecular weight excluding hydrogens is 336 g/mol. The first kappa shape index (κ1) is 17.4. The molecule has 0 atom stereocenters. The lowest BCUT2D eigenvalue weighted by atomic mass is 9.88. The number of nitrogens with zero attached hydrogens (tertiary/aromatic N) is 3. The first-order chi connectivity index (χ1) is 13.2. The van der Waals surface area contributed by atoms with Crippen LogP contribution in [0.5, 0.6) is 0 Å². The van der Waals surface area contributed by atoms with Crippen molar-refractivity contribution in [1.82, 2.24) is 9.88 Å². The minimum atomic E-state index is 0.0116. The molecule has 1 aliphatic carbocycles. The first-order valence-corrected chi connectivity index (χ1v) is 9.38. The molecule has 0 radical (unpaired) electrons. The number of piperidine rings is 1. The van der Waals surface area contributed by atoms with Crippen molar-refractivity contribution in [2.75, 3.05) is 19.6 Å². The largest absolute Gasteiger partial charge is 0.341 e. The van der Waals surface area contributed by atoms with Gasteiger partial charge < -0.3 is 10.6 Å². The van der Waals surface area contributed by atoms with Crippen molar-refractivity contribution < 1.29 is 4.79 Å². The fraction of sp³-hybridized carbons (Fsp3) is 0.318. The van der Waals surface area contributed by atoms with Gasteiger partial charge in [-0.05, 0) is 60.6 Å². The van der Waals surface area contributed by atoms with E-state index in [1.807, 2.05) is 29.3 Å². The zero-order valence-electron chi connectivity index (χ0n) is 15.2. The molecule has 0 bridgehead atoms. The van der Waals surface area contributed by atoms with E-state index in [1.54, 1.807) is 0 Å². The third-order valence-electron chi connectivity index (χ3n) is 5.54. The molecule has 27 heavy (non-hydrogen) atoms. The number of benzene rings is 1. The average molecular weight is 358 g/mol. The van der Waals surface area contributed by atoms with Crippen LogP contribution in [-0.4, -0.2) is 35.4 Å². The van der Waals surface area contributed by atoms with E-state index >= 15 is 0 Å². The number of nitrogens with two attached hydrogens (primary N) is 1. The number of amides is 1. The van der Waals surface area contributed by atoms with E-state index in [-0.39, 0.29) is 12.5 Å². The van der Waals surface area contributed by atoms with Crippen molar-refractivity contribution in [2.45, 2.75) is 25.7 Å². The Morgan fingerprint density at radius 2 is 1.93 bits per heavy atom. The standard InChI is InChI=1S/C22H22N4O/c23-13-15-3-6-19-18(12-15)5-4-17-2-1-9-25-22(17)21(19)16-7-10-26(11-8-16)20(27)14-24/h1-3,6,9,12H,4-5,7-8,10-11,14,24H2. The van der Waals surface area contributed by atoms with Crippen LogP contribution in [0.2, 0.25) is 0 Å². The molecule has 2 aliphatic rings. The van der Waals surface area contributed by atoms with Crippen LogP contribution in [0.25, 0.3) is 5.57 Å². The number of fused-ring (bicyclic) bond motifs is 2. The van der Waals surface area contributed by atoms with Crippen molar-refractivity contribution >= 4 is 11.5 Å². The highest BCUT2D eigenvalue weighted by Gasteiger charge is 2.26. The molecule has 0 unspecified atom stereocenters. The summed E-state index contributed by atoms with van der Waals surface area (Å²) in [6.07, 6.45) is 5.33. The summed E-state index contributed by atoms with van der Waals surface area (Å²) in [6, 6.07) is 12.3. The number of aryl methyl sites for hydroxylation is 2. The van der Waals surface area contributed by atoms with Crippen LogP contribution < -0.4 is 5.73 Å². The molecule has 5 nitrogen and oxygen atoms in total. The monoisotopic (exact) mass is 358 g/mol. The van der Waals surface area contributed by atoms with E-state index in [1.165, 1.54) is 27.8 Å². The Bertz CT molecular complexity index is 961. The third-order valence-corrected chi connectivity index (χ3v) is 5.54. The number of hydrogen-bond donors (Lipinski definition) is 1. The Hall–Kier alpha value is -2.97. The Kier molecular flexibility index (Phi) is 4.74. The molecule has 0 saturated carbocycles. The molecule has 5 heteroatoms. The Morgan fingerprint density at radius 1 is 1.15 bits per heavy atom. The minimum Gasteiger partial charge on any atom is -0.341 e. The van der Waals surface area contributed by atoms with Gasteiger partial charge in [-0.1, -0.05) is 17.7 Å². The lowest BCUT2D eigenvalue weighted by molar-refractivity contribution is -0.130. The molecule has 0 spiro atoms. The molecule has 1 amide bonds. The van der Waals surface area contributed by atoms with Gasteiger partial charge in [-0.25, -0.2) is 0 Å². The van der Waals surface area contributed by atoms with Crippen molar-refractivity contribution in [1.29, 1.82) is 5.26 Å². The second-order valence-corrected chi connectivity index (χ2v) is 7.06. The van der Waals surface area contributed by atoms with Crippen molar-refractivity contribution in [3.8, 4) is 6.07 Å². The molecule has 2 aromatic rings. The maximum atomic E-state index is 11.9. The zero-order chi connectivity index (χ0) is 18.8. The summed E-state index contributed by atoms with van der Waals surface area (Å²) in [5, 5.41) is 9.28. The van der Waals surface area contributed by atoms with E-state index in [9.17, 15) is 10.1 Å². The highest BCUT2D eigenvalue weighted by atomic mass is 16.2. The summed E-state index contributed by atoms with van der Waals surface area (Å²) in [5.74, 6) is 0.0116. The lowest BCUT2D eigenvalue weighted by Crippen LogP contribution is -2.40. The molecule has 1 saturated heterocycles. The number of hydrogen-bond acceptors (Lipinski definition) is 4. The molecule has 1 fully saturated rings. The van der Waals surface area contributed by atoms with Crippen LogP contribution in [0.3, 0.4) is 0 Å². The number of carbonyl (C=O) groups is 1. The second kappa shape index (κ2) is 7.34. The van der Waals surface area contributed by atoms with E-state index in [0.717, 1.165) is 31.4 Å². The number of rotatable bonds is 1. The van der Waals surface area contributed by atoms with Crippen LogP contribution in [0, 0.1) is 11.3 Å². The second-order valence-electron chi connectivity index (χ2n) is 7.06. The fourth-order valence-electron chi connectivity index (χ4n) is 4.14. The molecule has 1 aromatic heterocycles. The summed E-state index contributed by atoms with van der Waals surface area (Å²) in [4.78, 5) is 18.5. The maximum absolute atomic E-state index is 11.9. The van der Waals surface area contributed by atoms with Gasteiger partial charge in [0.1, 0.15) is 0 Å². The summed E-state index contributed by atoms with van der Waals surface area (Å²) < 4.78 is 0. The predicted molar refractivity (Wildman–Crippen MR) is 104 cm³/mol. The van der Waals surface area contributed by atoms with Gasteiger partial charge in [0, 0.05) is 24.9 Å². The molecule has 4 rings (SSSR count). The fourth-order valence-corrected chi connectivity index (χ4v) is 4.14. The minimum absolute atomic E-state index is 0.0116. The number of pyridine rings is 1. The zero-order valence-corrected chi connectivity index (χ0v) is 15.2. The van der Waals surface area contributed by atoms with Gasteiger partial charge in [0.2, 0.25) is 5.91 Å². The van der Waals surface area contributed by atoms with Crippen LogP contribution in [0.15, 0.2) is 42.1 Å². The average Bonchev–Trinajstić information content (AvgIpc) is 2.89. The summed E-state index contributed by atoms with van der Waals surface area (Å²) in [5.41, 5.74) is 13.4. The van der Waals surface area contributed by atoms with Gasteiger partial charge in [0.05, 0.1) is 23.9 Å². The molecule has 1 aromatic carbocycles. The Morgan fingerprint density at radius 3 is 2.67 bits per heavy atom. The van der Waals surface area contributed by atoms with Gasteiger partial charge in [-0.15, -0.1) is 0 Å². The van der Waals surface area contributed by atoms with Gasteiger partial charge in [0.15, 0.2) is 0 Å². The van der Waals surface area contributed by atoms with Crippen molar-refractivity contribution in [3.05, 3.63) is 70.0 Å². The number of likely N-dealkylation sites (tertiary alicyclic amines) is 1. The SMILES string of the molecule is N#Cc1ccc2c(c1)CCc1cccnc1C2=C1CCN(C(=O)CN)CC1. The number of aromatic nitrogens is 1. The van der Waals surface area contributed by atoms with Crippen LogP contribution in [0.1, 0.15) is 40.8 Å². The van der Waals surface area contributed by atoms with E-state index in [2.05, 4.69) is 18.2 Å². The van der Waals surface area contributed by atoms with Gasteiger partial charge in [-0.2, -0.15) is 5.26 Å². The smallest absolute Gasteiger partial charge is 0.236 e. The Labute approximate surface area is 159 Å². The quantitative estimate of drug-likeness (QED) is 0.849. The summed E-state index contributed by atoms with van der Waals surface area (Å²) in [6.45, 7) is 1.46. The molecule has 1 aliphatic heterocycles. The lowest BCUT2D eigenvalue weighted by Gasteiger charge is -2.30. The van der Waals surface area contributed by atoms with E-state index < -0.39 is 0 Å². The van der Waals surface area contributed by atoms with Crippen LogP contribution >= 0.6 is 0 Å². The highest BCUT2D eigenvalue weighted by molar-refractivity contribution is 5.85. The maximum Gasteiger partial charge on any atom is 0.236 e. The first-order valence-electron chi connectivity index (χ1n) is 9.38. The molecule has 2 heterocycles. The van der Waals surface area contributed by atoms with E-state index in [4.69, 9.17) is 10.7 Å². The molecular formula is C22H22N4O. The van der Waals surface area contributed by atoms with Crippen molar-refractivity contribution in [3.63, 3.8) is 0 Å².